The SMILES string of the molecule is CCCCCCCOc1ccc(CNC(CC)CO)cc1. The minimum absolute atomic E-state index is 0.184. The summed E-state index contributed by atoms with van der Waals surface area (Å²) in [4.78, 5) is 0. The van der Waals surface area contributed by atoms with Crippen LogP contribution in [0.1, 0.15) is 57.9 Å². The molecule has 2 N–H and O–H groups in total. The van der Waals surface area contributed by atoms with Crippen molar-refractivity contribution in [2.24, 2.45) is 0 Å². The highest BCUT2D eigenvalue weighted by molar-refractivity contribution is 5.27. The van der Waals surface area contributed by atoms with Gasteiger partial charge in [-0.25, -0.2) is 0 Å². The quantitative estimate of drug-likeness (QED) is 0.574. The molecule has 1 atom stereocenters. The van der Waals surface area contributed by atoms with Gasteiger partial charge in [-0.05, 0) is 30.5 Å². The highest BCUT2D eigenvalue weighted by atomic mass is 16.5. The smallest absolute Gasteiger partial charge is 0.119 e. The number of benzene rings is 1. The van der Waals surface area contributed by atoms with E-state index in [4.69, 9.17) is 9.84 Å². The predicted octanol–water partition coefficient (Wildman–Crippen LogP) is 3.90. The van der Waals surface area contributed by atoms with Gasteiger partial charge in [-0.2, -0.15) is 0 Å². The molecule has 0 amide bonds. The largest absolute Gasteiger partial charge is 0.494 e. The second-order valence-corrected chi connectivity index (χ2v) is 5.58. The fourth-order valence-electron chi connectivity index (χ4n) is 2.20. The molecule has 0 aliphatic rings. The first-order chi connectivity index (χ1) is 10.3. The molecular weight excluding hydrogens is 262 g/mol. The summed E-state index contributed by atoms with van der Waals surface area (Å²) < 4.78 is 5.75. The number of unbranched alkanes of at least 4 members (excludes halogenated alkanes) is 4. The molecule has 1 aromatic rings. The monoisotopic (exact) mass is 293 g/mol. The minimum Gasteiger partial charge on any atom is -0.494 e. The lowest BCUT2D eigenvalue weighted by Crippen LogP contribution is -2.31. The van der Waals surface area contributed by atoms with Crippen molar-refractivity contribution in [2.75, 3.05) is 13.2 Å². The molecule has 0 aliphatic carbocycles. The molecule has 3 heteroatoms. The third-order valence-corrected chi connectivity index (χ3v) is 3.75. The Morgan fingerprint density at radius 2 is 1.76 bits per heavy atom. The molecule has 3 nitrogen and oxygen atoms in total. The molecule has 1 aromatic carbocycles. The molecule has 0 fully saturated rings. The predicted molar refractivity (Wildman–Crippen MR) is 88.7 cm³/mol. The van der Waals surface area contributed by atoms with Crippen molar-refractivity contribution in [3.8, 4) is 5.75 Å². The summed E-state index contributed by atoms with van der Waals surface area (Å²) in [6.07, 6.45) is 7.26. The van der Waals surface area contributed by atoms with Crippen molar-refractivity contribution in [3.05, 3.63) is 29.8 Å². The Morgan fingerprint density at radius 3 is 2.38 bits per heavy atom. The summed E-state index contributed by atoms with van der Waals surface area (Å²) in [6, 6.07) is 8.42. The van der Waals surface area contributed by atoms with Crippen LogP contribution >= 0.6 is 0 Å². The van der Waals surface area contributed by atoms with Crippen molar-refractivity contribution < 1.29 is 9.84 Å². The number of aliphatic hydroxyl groups is 1. The number of aliphatic hydroxyl groups excluding tert-OH is 1. The fourth-order valence-corrected chi connectivity index (χ4v) is 2.20. The van der Waals surface area contributed by atoms with E-state index in [1.165, 1.54) is 31.2 Å². The van der Waals surface area contributed by atoms with Gasteiger partial charge in [0.1, 0.15) is 5.75 Å². The van der Waals surface area contributed by atoms with Crippen LogP contribution < -0.4 is 10.1 Å². The molecule has 0 aliphatic heterocycles. The van der Waals surface area contributed by atoms with Crippen LogP contribution in [0, 0.1) is 0 Å². The maximum Gasteiger partial charge on any atom is 0.119 e. The fraction of sp³-hybridized carbons (Fsp3) is 0.667. The second-order valence-electron chi connectivity index (χ2n) is 5.58. The van der Waals surface area contributed by atoms with E-state index in [-0.39, 0.29) is 12.6 Å². The van der Waals surface area contributed by atoms with E-state index in [0.29, 0.717) is 0 Å². The van der Waals surface area contributed by atoms with E-state index in [1.54, 1.807) is 0 Å². The van der Waals surface area contributed by atoms with Crippen molar-refractivity contribution >= 4 is 0 Å². The van der Waals surface area contributed by atoms with Gasteiger partial charge in [0.25, 0.3) is 0 Å². The maximum atomic E-state index is 9.14. The summed E-state index contributed by atoms with van der Waals surface area (Å²) in [5.74, 6) is 0.948. The molecule has 0 spiro atoms. The molecule has 0 radical (unpaired) electrons. The molecule has 1 unspecified atom stereocenters. The highest BCUT2D eigenvalue weighted by Gasteiger charge is 2.03. The summed E-state index contributed by atoms with van der Waals surface area (Å²) in [5.41, 5.74) is 1.22. The van der Waals surface area contributed by atoms with E-state index < -0.39 is 0 Å². The number of hydrogen-bond donors (Lipinski definition) is 2. The van der Waals surface area contributed by atoms with Gasteiger partial charge in [0.15, 0.2) is 0 Å². The van der Waals surface area contributed by atoms with Crippen LogP contribution in [0.3, 0.4) is 0 Å². The standard InChI is InChI=1S/C18H31NO2/c1-3-5-6-7-8-13-21-18-11-9-16(10-12-18)14-19-17(4-2)15-20/h9-12,17,19-20H,3-8,13-15H2,1-2H3. The Balaban J connectivity index is 2.21. The van der Waals surface area contributed by atoms with Crippen molar-refractivity contribution in [3.63, 3.8) is 0 Å². The van der Waals surface area contributed by atoms with Crippen LogP contribution in [0.25, 0.3) is 0 Å². The normalized spacial score (nSPS) is 12.3. The minimum atomic E-state index is 0.184. The summed E-state index contributed by atoms with van der Waals surface area (Å²) in [6.45, 7) is 6.09. The summed E-state index contributed by atoms with van der Waals surface area (Å²) in [5, 5.41) is 12.5. The molecule has 21 heavy (non-hydrogen) atoms. The Morgan fingerprint density at radius 1 is 1.05 bits per heavy atom. The van der Waals surface area contributed by atoms with Gasteiger partial charge in [0.2, 0.25) is 0 Å². The molecule has 0 saturated heterocycles. The van der Waals surface area contributed by atoms with Crippen LogP contribution in [0.5, 0.6) is 5.75 Å². The first kappa shape index (κ1) is 18.0. The number of rotatable bonds is 12. The van der Waals surface area contributed by atoms with Crippen molar-refractivity contribution in [2.45, 2.75) is 65.0 Å². The lowest BCUT2D eigenvalue weighted by molar-refractivity contribution is 0.238. The third-order valence-electron chi connectivity index (χ3n) is 3.75. The number of ether oxygens (including phenoxy) is 1. The molecular formula is C18H31NO2. The topological polar surface area (TPSA) is 41.5 Å². The third kappa shape index (κ3) is 8.08. The molecule has 0 aromatic heterocycles. The number of hydrogen-bond acceptors (Lipinski definition) is 3. The van der Waals surface area contributed by atoms with Gasteiger partial charge >= 0.3 is 0 Å². The van der Waals surface area contributed by atoms with Crippen LogP contribution in [-0.2, 0) is 6.54 Å². The molecule has 0 heterocycles. The van der Waals surface area contributed by atoms with Crippen LogP contribution in [0.15, 0.2) is 24.3 Å². The number of nitrogens with one attached hydrogen (secondary N) is 1. The zero-order valence-corrected chi connectivity index (χ0v) is 13.6. The Labute approximate surface area is 129 Å². The zero-order valence-electron chi connectivity index (χ0n) is 13.6. The first-order valence-electron chi connectivity index (χ1n) is 8.36. The highest BCUT2D eigenvalue weighted by Crippen LogP contribution is 2.13. The van der Waals surface area contributed by atoms with Gasteiger partial charge < -0.3 is 15.2 Å². The van der Waals surface area contributed by atoms with E-state index in [1.807, 2.05) is 12.1 Å². The first-order valence-corrected chi connectivity index (χ1v) is 8.36. The van der Waals surface area contributed by atoms with Crippen LogP contribution in [0.4, 0.5) is 0 Å². The summed E-state index contributed by atoms with van der Waals surface area (Å²) in [7, 11) is 0. The molecule has 1 rings (SSSR count). The van der Waals surface area contributed by atoms with Gasteiger partial charge in [-0.1, -0.05) is 51.7 Å². The van der Waals surface area contributed by atoms with Gasteiger partial charge in [-0.3, -0.25) is 0 Å². The summed E-state index contributed by atoms with van der Waals surface area (Å²) >= 11 is 0. The van der Waals surface area contributed by atoms with E-state index in [2.05, 4.69) is 31.3 Å². The lowest BCUT2D eigenvalue weighted by Gasteiger charge is -2.14. The van der Waals surface area contributed by atoms with Crippen molar-refractivity contribution in [1.82, 2.24) is 5.32 Å². The zero-order chi connectivity index (χ0) is 15.3. The Kier molecular flexibility index (Phi) is 9.92. The van der Waals surface area contributed by atoms with Crippen LogP contribution in [-0.4, -0.2) is 24.4 Å². The van der Waals surface area contributed by atoms with E-state index in [0.717, 1.165) is 31.7 Å². The van der Waals surface area contributed by atoms with Crippen molar-refractivity contribution in [1.29, 1.82) is 0 Å². The Hall–Kier alpha value is -1.06. The lowest BCUT2D eigenvalue weighted by atomic mass is 10.1. The van der Waals surface area contributed by atoms with E-state index in [9.17, 15) is 0 Å². The second kappa shape index (κ2) is 11.6. The van der Waals surface area contributed by atoms with Crippen LogP contribution in [0.2, 0.25) is 0 Å². The molecule has 0 saturated carbocycles. The average Bonchev–Trinajstić information content (AvgIpc) is 2.53. The van der Waals surface area contributed by atoms with E-state index >= 15 is 0 Å². The Bertz CT molecular complexity index is 347. The average molecular weight is 293 g/mol. The maximum absolute atomic E-state index is 9.14. The molecule has 0 bridgehead atoms. The van der Waals surface area contributed by atoms with Gasteiger partial charge in [0, 0.05) is 12.6 Å². The molecule has 120 valence electrons. The van der Waals surface area contributed by atoms with Gasteiger partial charge in [-0.15, -0.1) is 0 Å². The van der Waals surface area contributed by atoms with Gasteiger partial charge in [0.05, 0.1) is 13.2 Å².